The van der Waals surface area contributed by atoms with Crippen LogP contribution < -0.4 is 10.1 Å². The number of carbonyl (C=O) groups is 3. The van der Waals surface area contributed by atoms with E-state index in [0.29, 0.717) is 32.2 Å². The van der Waals surface area contributed by atoms with Crippen molar-refractivity contribution in [2.45, 2.75) is 76.0 Å². The van der Waals surface area contributed by atoms with Gasteiger partial charge in [-0.15, -0.1) is 0 Å². The topological polar surface area (TPSA) is 108 Å². The van der Waals surface area contributed by atoms with E-state index in [2.05, 4.69) is 10.2 Å². The number of ether oxygens (including phenoxy) is 2. The second-order valence-electron chi connectivity index (χ2n) is 12.3. The van der Waals surface area contributed by atoms with E-state index in [1.807, 2.05) is 27.7 Å². The van der Waals surface area contributed by atoms with E-state index in [0.717, 1.165) is 10.5 Å². The summed E-state index contributed by atoms with van der Waals surface area (Å²) < 4.78 is 27.1. The zero-order chi connectivity index (χ0) is 32.2. The minimum absolute atomic E-state index is 0.0161. The number of morpholine rings is 1. The summed E-state index contributed by atoms with van der Waals surface area (Å²) in [4.78, 5) is 39.2. The summed E-state index contributed by atoms with van der Waals surface area (Å²) in [5, 5.41) is 14.0. The van der Waals surface area contributed by atoms with Crippen LogP contribution in [0.25, 0.3) is 0 Å². The number of amides is 1. The molecule has 0 spiro atoms. The van der Waals surface area contributed by atoms with Crippen molar-refractivity contribution in [3.63, 3.8) is 0 Å². The fraction of sp³-hybridized carbons (Fsp3) is 0.516. The number of benzene rings is 2. The average molecular weight is 591 g/mol. The third-order valence-corrected chi connectivity index (χ3v) is 7.59. The molecule has 12 heteroatoms. The molecule has 0 bridgehead atoms. The summed E-state index contributed by atoms with van der Waals surface area (Å²) in [6.45, 7) is 9.89. The van der Waals surface area contributed by atoms with Crippen LogP contribution in [0.15, 0.2) is 36.4 Å². The number of halogens is 1. The number of aldehydes is 2. The summed E-state index contributed by atoms with van der Waals surface area (Å²) >= 11 is 0. The molecule has 2 aromatic rings. The largest absolute Gasteiger partial charge is 0.488 e. The Hall–Kier alpha value is -3.05. The molecule has 4 radical (unpaired) electrons. The first-order valence-corrected chi connectivity index (χ1v) is 14.1. The van der Waals surface area contributed by atoms with E-state index in [-0.39, 0.29) is 53.1 Å². The highest BCUT2D eigenvalue weighted by Gasteiger charge is 2.46. The van der Waals surface area contributed by atoms with Crippen LogP contribution in [-0.4, -0.2) is 92.9 Å². The predicted octanol–water partition coefficient (Wildman–Crippen LogP) is 2.40. The third-order valence-electron chi connectivity index (χ3n) is 7.59. The van der Waals surface area contributed by atoms with Gasteiger partial charge < -0.3 is 24.7 Å². The van der Waals surface area contributed by atoms with E-state index < -0.39 is 22.8 Å². The van der Waals surface area contributed by atoms with Crippen molar-refractivity contribution in [3.8, 4) is 5.75 Å². The monoisotopic (exact) mass is 591 g/mol. The minimum Gasteiger partial charge on any atom is -0.488 e. The Balaban J connectivity index is 1.92. The lowest BCUT2D eigenvalue weighted by molar-refractivity contribution is -0.182. The normalized spacial score (nSPS) is 19.2. The molecular formula is C31H40B2FN3O6. The van der Waals surface area contributed by atoms with Gasteiger partial charge in [0.1, 0.15) is 45.8 Å². The molecule has 0 aromatic heterocycles. The van der Waals surface area contributed by atoms with Gasteiger partial charge in [0.15, 0.2) is 6.29 Å². The molecule has 0 saturated carbocycles. The standard InChI is InChI=1S/C31H40B2FN3O6/c1-28(2)19-37(20-29(3,4)43-28)16-21-11-12-24(34)23(15-21)18-42-25-10-7-9-22(17-39)26(25)31(33,41)36(6)30(32,13-8-14-38)27(40)35-5/h7,9-12,14-15,17,41H,8,13,16,18-20H2,1-6H3,(H,35,40). The first-order chi connectivity index (χ1) is 20.0. The molecule has 3 rings (SSSR count). The Labute approximate surface area is 255 Å². The van der Waals surface area contributed by atoms with Crippen LogP contribution in [0.3, 0.4) is 0 Å². The number of likely N-dealkylation sites (N-methyl/N-ethyl adjacent to an activating group) is 2. The minimum atomic E-state index is -2.52. The van der Waals surface area contributed by atoms with Gasteiger partial charge in [-0.1, -0.05) is 18.2 Å². The van der Waals surface area contributed by atoms with Crippen LogP contribution in [0.1, 0.15) is 67.6 Å². The van der Waals surface area contributed by atoms with Crippen LogP contribution in [0, 0.1) is 5.82 Å². The molecule has 0 aliphatic carbocycles. The molecular weight excluding hydrogens is 551 g/mol. The Bertz CT molecular complexity index is 1320. The Kier molecular flexibility index (Phi) is 10.7. The molecule has 2 N–H and O–H groups in total. The lowest BCUT2D eigenvalue weighted by Crippen LogP contribution is -2.64. The summed E-state index contributed by atoms with van der Waals surface area (Å²) in [7, 11) is 15.4. The molecule has 9 nitrogen and oxygen atoms in total. The molecule has 1 saturated heterocycles. The quantitative estimate of drug-likeness (QED) is 0.208. The Morgan fingerprint density at radius 1 is 1.19 bits per heavy atom. The molecule has 2 atom stereocenters. The number of hydrogen-bond acceptors (Lipinski definition) is 8. The lowest BCUT2D eigenvalue weighted by Gasteiger charge is -2.47. The Morgan fingerprint density at radius 3 is 2.42 bits per heavy atom. The van der Waals surface area contributed by atoms with E-state index >= 15 is 0 Å². The number of nitrogens with zero attached hydrogens (tertiary/aromatic N) is 2. The van der Waals surface area contributed by atoms with Gasteiger partial charge in [-0.25, -0.2) is 4.39 Å². The maximum atomic E-state index is 15.0. The second-order valence-corrected chi connectivity index (χ2v) is 12.3. The molecule has 2 aromatic carbocycles. The fourth-order valence-electron chi connectivity index (χ4n) is 5.87. The fourth-order valence-corrected chi connectivity index (χ4v) is 5.87. The van der Waals surface area contributed by atoms with Crippen molar-refractivity contribution in [1.82, 2.24) is 15.1 Å². The summed E-state index contributed by atoms with van der Waals surface area (Å²) in [5.41, 5.74) is -4.22. The second kappa shape index (κ2) is 13.3. The van der Waals surface area contributed by atoms with Crippen LogP contribution in [0.5, 0.6) is 5.75 Å². The maximum Gasteiger partial charge on any atom is 0.230 e. The Morgan fingerprint density at radius 2 is 1.84 bits per heavy atom. The van der Waals surface area contributed by atoms with Crippen molar-refractivity contribution in [3.05, 3.63) is 64.5 Å². The molecule has 1 fully saturated rings. The van der Waals surface area contributed by atoms with Crippen LogP contribution in [-0.2, 0) is 33.1 Å². The molecule has 43 heavy (non-hydrogen) atoms. The maximum absolute atomic E-state index is 15.0. The van der Waals surface area contributed by atoms with E-state index in [1.165, 1.54) is 38.4 Å². The number of aliphatic hydroxyl groups is 1. The van der Waals surface area contributed by atoms with Gasteiger partial charge in [-0.05, 0) is 64.9 Å². The lowest BCUT2D eigenvalue weighted by atomic mass is 9.67. The molecule has 1 amide bonds. The van der Waals surface area contributed by atoms with Gasteiger partial charge in [0.2, 0.25) is 5.91 Å². The number of nitrogens with one attached hydrogen (secondary N) is 1. The molecule has 1 heterocycles. The summed E-state index contributed by atoms with van der Waals surface area (Å²) in [5.74, 6) is -1.22. The molecule has 2 unspecified atom stereocenters. The van der Waals surface area contributed by atoms with Crippen molar-refractivity contribution in [1.29, 1.82) is 0 Å². The zero-order valence-corrected chi connectivity index (χ0v) is 25.8. The van der Waals surface area contributed by atoms with Crippen molar-refractivity contribution in [2.24, 2.45) is 0 Å². The van der Waals surface area contributed by atoms with E-state index in [4.69, 9.17) is 25.2 Å². The number of hydrogen-bond donors (Lipinski definition) is 2. The van der Waals surface area contributed by atoms with E-state index in [1.54, 1.807) is 12.1 Å². The van der Waals surface area contributed by atoms with Gasteiger partial charge in [-0.2, -0.15) is 0 Å². The highest BCUT2D eigenvalue weighted by atomic mass is 19.1. The highest BCUT2D eigenvalue weighted by Crippen LogP contribution is 2.37. The van der Waals surface area contributed by atoms with Crippen molar-refractivity contribution >= 4 is 34.2 Å². The summed E-state index contributed by atoms with van der Waals surface area (Å²) in [6, 6.07) is 9.21. The molecule has 1 aliphatic rings. The van der Waals surface area contributed by atoms with E-state index in [9.17, 15) is 23.9 Å². The van der Waals surface area contributed by atoms with Crippen molar-refractivity contribution < 1.29 is 33.4 Å². The number of rotatable bonds is 13. The SMILES string of the molecule is [B]C(CCC=O)(C(=O)NC)N(C)C([B])(O)c1c(C=O)cccc1OCc1cc(CN2CC(C)(C)OC(C)(C)C2)ccc1F. The van der Waals surface area contributed by atoms with Crippen LogP contribution in [0.4, 0.5) is 4.39 Å². The van der Waals surface area contributed by atoms with Gasteiger partial charge >= 0.3 is 0 Å². The number of carbonyl (C=O) groups excluding carboxylic acids is 3. The van der Waals surface area contributed by atoms with Gasteiger partial charge in [0.05, 0.1) is 16.6 Å². The predicted molar refractivity (Wildman–Crippen MR) is 162 cm³/mol. The smallest absolute Gasteiger partial charge is 0.230 e. The molecule has 228 valence electrons. The summed E-state index contributed by atoms with van der Waals surface area (Å²) in [6.07, 6.45) is 0.786. The first-order valence-electron chi connectivity index (χ1n) is 14.1. The van der Waals surface area contributed by atoms with Crippen molar-refractivity contribution in [2.75, 3.05) is 27.2 Å². The van der Waals surface area contributed by atoms with Gasteiger partial charge in [0, 0.05) is 49.8 Å². The van der Waals surface area contributed by atoms with Gasteiger partial charge in [0.25, 0.3) is 0 Å². The average Bonchev–Trinajstić information content (AvgIpc) is 2.93. The highest BCUT2D eigenvalue weighted by molar-refractivity contribution is 6.29. The van der Waals surface area contributed by atoms with Crippen LogP contribution >= 0.6 is 0 Å². The molecule has 1 aliphatic heterocycles. The van der Waals surface area contributed by atoms with Crippen LogP contribution in [0.2, 0.25) is 0 Å². The van der Waals surface area contributed by atoms with Gasteiger partial charge in [-0.3, -0.25) is 19.4 Å². The first kappa shape index (κ1) is 34.4. The zero-order valence-electron chi connectivity index (χ0n) is 25.8. The third kappa shape index (κ3) is 7.92.